The quantitative estimate of drug-likeness (QED) is 0.660. The van der Waals surface area contributed by atoms with Gasteiger partial charge >= 0.3 is 0 Å². The average Bonchev–Trinajstić information content (AvgIpc) is 2.38. The largest absolute Gasteiger partial charge is 0.316 e. The Morgan fingerprint density at radius 3 is 2.72 bits per heavy atom. The van der Waals surface area contributed by atoms with E-state index in [9.17, 15) is 0 Å². The summed E-state index contributed by atoms with van der Waals surface area (Å²) in [5.74, 6) is 3.08. The fourth-order valence-corrected chi connectivity index (χ4v) is 3.35. The molecule has 18 heavy (non-hydrogen) atoms. The van der Waals surface area contributed by atoms with E-state index in [1.807, 2.05) is 11.8 Å². The maximum Gasteiger partial charge on any atom is 0.0210 e. The van der Waals surface area contributed by atoms with Gasteiger partial charge < -0.3 is 5.32 Å². The molecule has 1 aromatic carbocycles. The second kappa shape index (κ2) is 9.88. The zero-order chi connectivity index (χ0) is 13.2. The Bertz CT molecular complexity index is 320. The number of rotatable bonds is 9. The Hall–Kier alpha value is 0.01000. The van der Waals surface area contributed by atoms with Gasteiger partial charge in [-0.05, 0) is 48.4 Å². The first-order valence-electron chi connectivity index (χ1n) is 6.82. The number of benzene rings is 1. The Kier molecular flexibility index (Phi) is 8.82. The third-order valence-corrected chi connectivity index (χ3v) is 4.63. The van der Waals surface area contributed by atoms with E-state index in [-0.39, 0.29) is 0 Å². The molecule has 0 aliphatic heterocycles. The normalized spacial score (nSPS) is 12.6. The zero-order valence-electron chi connectivity index (χ0n) is 11.4. The molecule has 0 aromatic heterocycles. The van der Waals surface area contributed by atoms with Gasteiger partial charge in [0.2, 0.25) is 0 Å². The van der Waals surface area contributed by atoms with Crippen molar-refractivity contribution in [2.24, 2.45) is 0 Å². The van der Waals surface area contributed by atoms with Crippen LogP contribution < -0.4 is 5.32 Å². The summed E-state index contributed by atoms with van der Waals surface area (Å²) in [5.41, 5.74) is 1.44. The Labute approximate surface area is 124 Å². The van der Waals surface area contributed by atoms with Crippen LogP contribution in [-0.2, 0) is 0 Å². The lowest BCUT2D eigenvalue weighted by Gasteiger charge is -2.19. The highest BCUT2D eigenvalue weighted by Crippen LogP contribution is 2.28. The molecule has 1 N–H and O–H groups in total. The van der Waals surface area contributed by atoms with Crippen molar-refractivity contribution in [2.75, 3.05) is 24.6 Å². The van der Waals surface area contributed by atoms with Crippen LogP contribution in [0, 0.1) is 0 Å². The van der Waals surface area contributed by atoms with E-state index in [1.165, 1.54) is 34.4 Å². The Morgan fingerprint density at radius 2 is 2.06 bits per heavy atom. The van der Waals surface area contributed by atoms with Crippen molar-refractivity contribution in [1.29, 1.82) is 0 Å². The Morgan fingerprint density at radius 1 is 1.28 bits per heavy atom. The van der Waals surface area contributed by atoms with Crippen molar-refractivity contribution in [3.8, 4) is 0 Å². The van der Waals surface area contributed by atoms with Gasteiger partial charge in [-0.3, -0.25) is 0 Å². The van der Waals surface area contributed by atoms with Gasteiger partial charge in [-0.25, -0.2) is 0 Å². The first kappa shape index (κ1) is 16.1. The third-order valence-electron chi connectivity index (χ3n) is 2.98. The highest BCUT2D eigenvalue weighted by molar-refractivity contribution is 9.10. The van der Waals surface area contributed by atoms with Crippen LogP contribution in [0.15, 0.2) is 28.7 Å². The number of thioether (sulfide) groups is 1. The minimum atomic E-state index is 0.617. The van der Waals surface area contributed by atoms with Crippen LogP contribution in [0.3, 0.4) is 0 Å². The summed E-state index contributed by atoms with van der Waals surface area (Å²) in [6.45, 7) is 6.64. The van der Waals surface area contributed by atoms with Gasteiger partial charge in [0.05, 0.1) is 0 Å². The summed E-state index contributed by atoms with van der Waals surface area (Å²) >= 11 is 5.71. The van der Waals surface area contributed by atoms with E-state index >= 15 is 0 Å². The highest BCUT2D eigenvalue weighted by Gasteiger charge is 2.13. The molecule has 0 saturated carbocycles. The second-order valence-electron chi connectivity index (χ2n) is 4.41. The predicted octanol–water partition coefficient (Wildman–Crippen LogP) is 4.68. The van der Waals surface area contributed by atoms with Gasteiger partial charge in [-0.15, -0.1) is 0 Å². The fraction of sp³-hybridized carbons (Fsp3) is 0.600. The molecule has 102 valence electrons. The minimum Gasteiger partial charge on any atom is -0.316 e. The van der Waals surface area contributed by atoms with E-state index in [4.69, 9.17) is 0 Å². The average molecular weight is 330 g/mol. The van der Waals surface area contributed by atoms with Gasteiger partial charge in [-0.2, -0.15) is 11.8 Å². The molecule has 1 unspecified atom stereocenters. The highest BCUT2D eigenvalue weighted by atomic mass is 79.9. The standard InChI is InChI=1S/C15H24BrNS/c1-3-10-17-12-13(9-11-18-4-2)14-7-5-6-8-15(14)16/h5-8,13,17H,3-4,9-12H2,1-2H3. The van der Waals surface area contributed by atoms with Crippen LogP contribution in [-0.4, -0.2) is 24.6 Å². The van der Waals surface area contributed by atoms with E-state index in [1.54, 1.807) is 0 Å². The van der Waals surface area contributed by atoms with Crippen molar-refractivity contribution in [2.45, 2.75) is 32.6 Å². The lowest BCUT2D eigenvalue weighted by molar-refractivity contribution is 0.568. The minimum absolute atomic E-state index is 0.617. The lowest BCUT2D eigenvalue weighted by Crippen LogP contribution is -2.23. The molecule has 0 spiro atoms. The van der Waals surface area contributed by atoms with E-state index in [2.05, 4.69) is 59.4 Å². The summed E-state index contributed by atoms with van der Waals surface area (Å²) < 4.78 is 1.25. The molecule has 0 saturated heterocycles. The van der Waals surface area contributed by atoms with Crippen LogP contribution >= 0.6 is 27.7 Å². The molecule has 0 radical (unpaired) electrons. The monoisotopic (exact) mass is 329 g/mol. The van der Waals surface area contributed by atoms with Crippen molar-refractivity contribution < 1.29 is 0 Å². The van der Waals surface area contributed by atoms with Gasteiger partial charge in [0.25, 0.3) is 0 Å². The van der Waals surface area contributed by atoms with Gasteiger partial charge in [0.1, 0.15) is 0 Å². The molecule has 1 rings (SSSR count). The molecule has 0 amide bonds. The van der Waals surface area contributed by atoms with E-state index in [0.717, 1.165) is 13.1 Å². The SMILES string of the molecule is CCCNCC(CCSCC)c1ccccc1Br. The van der Waals surface area contributed by atoms with Crippen molar-refractivity contribution in [3.05, 3.63) is 34.3 Å². The van der Waals surface area contributed by atoms with Crippen molar-refractivity contribution >= 4 is 27.7 Å². The van der Waals surface area contributed by atoms with E-state index in [0.29, 0.717) is 5.92 Å². The number of hydrogen-bond acceptors (Lipinski definition) is 2. The molecule has 1 nitrogen and oxygen atoms in total. The number of halogens is 1. The molecular weight excluding hydrogens is 306 g/mol. The number of hydrogen-bond donors (Lipinski definition) is 1. The molecule has 0 aliphatic carbocycles. The van der Waals surface area contributed by atoms with E-state index < -0.39 is 0 Å². The summed E-state index contributed by atoms with van der Waals surface area (Å²) in [6.07, 6.45) is 2.45. The first-order valence-corrected chi connectivity index (χ1v) is 8.77. The van der Waals surface area contributed by atoms with Crippen LogP contribution in [0.4, 0.5) is 0 Å². The van der Waals surface area contributed by atoms with Crippen molar-refractivity contribution in [3.63, 3.8) is 0 Å². The predicted molar refractivity (Wildman–Crippen MR) is 87.7 cm³/mol. The lowest BCUT2D eigenvalue weighted by atomic mass is 9.96. The smallest absolute Gasteiger partial charge is 0.0210 e. The topological polar surface area (TPSA) is 12.0 Å². The van der Waals surface area contributed by atoms with Crippen LogP contribution in [0.1, 0.15) is 38.2 Å². The zero-order valence-corrected chi connectivity index (χ0v) is 13.8. The second-order valence-corrected chi connectivity index (χ2v) is 6.66. The molecule has 3 heteroatoms. The molecule has 1 aromatic rings. The molecule has 0 heterocycles. The molecular formula is C15H24BrNS. The van der Waals surface area contributed by atoms with Crippen LogP contribution in [0.5, 0.6) is 0 Å². The first-order chi connectivity index (χ1) is 8.79. The molecule has 1 atom stereocenters. The Balaban J connectivity index is 2.60. The van der Waals surface area contributed by atoms with Crippen LogP contribution in [0.25, 0.3) is 0 Å². The van der Waals surface area contributed by atoms with Crippen molar-refractivity contribution in [1.82, 2.24) is 5.32 Å². The fourth-order valence-electron chi connectivity index (χ4n) is 2.00. The van der Waals surface area contributed by atoms with Crippen LogP contribution in [0.2, 0.25) is 0 Å². The summed E-state index contributed by atoms with van der Waals surface area (Å²) in [6, 6.07) is 8.62. The van der Waals surface area contributed by atoms with Gasteiger partial charge in [0, 0.05) is 11.0 Å². The maximum atomic E-state index is 3.68. The van der Waals surface area contributed by atoms with Gasteiger partial charge in [0.15, 0.2) is 0 Å². The summed E-state index contributed by atoms with van der Waals surface area (Å²) in [4.78, 5) is 0. The molecule has 0 aliphatic rings. The van der Waals surface area contributed by atoms with Gasteiger partial charge in [-0.1, -0.05) is 48.0 Å². The summed E-state index contributed by atoms with van der Waals surface area (Å²) in [7, 11) is 0. The maximum absolute atomic E-state index is 3.68. The third kappa shape index (κ3) is 5.77. The number of nitrogens with one attached hydrogen (secondary N) is 1. The molecule has 0 fully saturated rings. The molecule has 0 bridgehead atoms. The summed E-state index contributed by atoms with van der Waals surface area (Å²) in [5, 5.41) is 3.56.